The van der Waals surface area contributed by atoms with Crippen LogP contribution < -0.4 is 0 Å². The number of thiazole rings is 1. The van der Waals surface area contributed by atoms with E-state index in [9.17, 15) is 10.4 Å². The van der Waals surface area contributed by atoms with Crippen LogP contribution in [0.5, 0.6) is 5.75 Å². The number of rotatable bonds is 3. The van der Waals surface area contributed by atoms with Crippen molar-refractivity contribution in [2.75, 3.05) is 0 Å². The van der Waals surface area contributed by atoms with Gasteiger partial charge in [-0.05, 0) is 35.2 Å². The molecule has 21 heavy (non-hydrogen) atoms. The van der Waals surface area contributed by atoms with E-state index in [0.717, 1.165) is 16.1 Å². The van der Waals surface area contributed by atoms with E-state index in [4.69, 9.17) is 0 Å². The molecule has 3 nitrogen and oxygen atoms in total. The van der Waals surface area contributed by atoms with E-state index in [-0.39, 0.29) is 5.75 Å². The number of phenolic OH excluding ortho intramolecular Hbond substituents is 1. The Morgan fingerprint density at radius 2 is 2.14 bits per heavy atom. The van der Waals surface area contributed by atoms with Crippen molar-refractivity contribution in [1.82, 2.24) is 4.98 Å². The summed E-state index contributed by atoms with van der Waals surface area (Å²) in [6, 6.07) is 13.0. The number of aromatic hydroxyl groups is 1. The number of hydrogen-bond donors (Lipinski definition) is 1. The van der Waals surface area contributed by atoms with E-state index >= 15 is 0 Å². The average molecular weight is 310 g/mol. The Balaban J connectivity index is 1.96. The van der Waals surface area contributed by atoms with Gasteiger partial charge in [-0.1, -0.05) is 18.2 Å². The third-order valence-corrected chi connectivity index (χ3v) is 4.58. The molecular formula is C16H10N2OS2. The van der Waals surface area contributed by atoms with Crippen LogP contribution in [0.3, 0.4) is 0 Å². The zero-order chi connectivity index (χ0) is 14.7. The molecule has 2 aromatic heterocycles. The highest BCUT2D eigenvalue weighted by Gasteiger charge is 2.09. The topological polar surface area (TPSA) is 56.9 Å². The van der Waals surface area contributed by atoms with Crippen molar-refractivity contribution in [1.29, 1.82) is 5.26 Å². The van der Waals surface area contributed by atoms with E-state index < -0.39 is 0 Å². The minimum absolute atomic E-state index is 0.180. The Bertz CT molecular complexity index is 826. The predicted molar refractivity (Wildman–Crippen MR) is 87.0 cm³/mol. The van der Waals surface area contributed by atoms with Crippen LogP contribution >= 0.6 is 22.7 Å². The van der Waals surface area contributed by atoms with Gasteiger partial charge in [0, 0.05) is 5.38 Å². The lowest BCUT2D eigenvalue weighted by molar-refractivity contribution is 0.475. The maximum atomic E-state index is 9.47. The van der Waals surface area contributed by atoms with Gasteiger partial charge in [-0.25, -0.2) is 4.98 Å². The summed E-state index contributed by atoms with van der Waals surface area (Å²) in [5, 5.41) is 23.5. The summed E-state index contributed by atoms with van der Waals surface area (Å²) < 4.78 is 0. The van der Waals surface area contributed by atoms with Gasteiger partial charge in [0.15, 0.2) is 0 Å². The first-order valence-corrected chi connectivity index (χ1v) is 7.93. The second-order valence-corrected chi connectivity index (χ2v) is 6.09. The van der Waals surface area contributed by atoms with Crippen molar-refractivity contribution in [3.8, 4) is 22.4 Å². The lowest BCUT2D eigenvalue weighted by Crippen LogP contribution is -1.81. The van der Waals surface area contributed by atoms with Crippen LogP contribution in [0.1, 0.15) is 10.6 Å². The van der Waals surface area contributed by atoms with Gasteiger partial charge < -0.3 is 5.11 Å². The smallest absolute Gasteiger partial charge is 0.134 e. The van der Waals surface area contributed by atoms with Crippen molar-refractivity contribution in [2.45, 2.75) is 0 Å². The van der Waals surface area contributed by atoms with Gasteiger partial charge in [-0.3, -0.25) is 0 Å². The highest BCUT2D eigenvalue weighted by Crippen LogP contribution is 2.29. The fourth-order valence-electron chi connectivity index (χ4n) is 1.86. The van der Waals surface area contributed by atoms with Crippen LogP contribution in [-0.2, 0) is 0 Å². The SMILES string of the molecule is N#C/C(=C/c1cccc(O)c1)c1nc(-c2cccs2)cs1. The van der Waals surface area contributed by atoms with Crippen molar-refractivity contribution >= 4 is 34.3 Å². The molecule has 0 aliphatic carbocycles. The Morgan fingerprint density at radius 1 is 1.24 bits per heavy atom. The van der Waals surface area contributed by atoms with E-state index in [1.165, 1.54) is 11.3 Å². The summed E-state index contributed by atoms with van der Waals surface area (Å²) >= 11 is 3.07. The molecule has 0 saturated carbocycles. The fraction of sp³-hybridized carbons (Fsp3) is 0. The van der Waals surface area contributed by atoms with Crippen LogP contribution in [0, 0.1) is 11.3 Å². The number of nitriles is 1. The third-order valence-electron chi connectivity index (χ3n) is 2.81. The zero-order valence-electron chi connectivity index (χ0n) is 10.9. The summed E-state index contributed by atoms with van der Waals surface area (Å²) in [4.78, 5) is 5.61. The number of phenols is 1. The van der Waals surface area contributed by atoms with Crippen LogP contribution in [0.15, 0.2) is 47.2 Å². The first-order valence-electron chi connectivity index (χ1n) is 6.17. The maximum absolute atomic E-state index is 9.47. The van der Waals surface area contributed by atoms with E-state index in [1.807, 2.05) is 29.0 Å². The van der Waals surface area contributed by atoms with Gasteiger partial charge in [0.2, 0.25) is 0 Å². The van der Waals surface area contributed by atoms with Gasteiger partial charge in [-0.2, -0.15) is 5.26 Å². The van der Waals surface area contributed by atoms with E-state index in [0.29, 0.717) is 10.6 Å². The molecule has 1 N–H and O–H groups in total. The largest absolute Gasteiger partial charge is 0.508 e. The highest BCUT2D eigenvalue weighted by molar-refractivity contribution is 7.14. The molecular weight excluding hydrogens is 300 g/mol. The van der Waals surface area contributed by atoms with Crippen molar-refractivity contribution < 1.29 is 5.11 Å². The molecule has 3 rings (SSSR count). The second kappa shape index (κ2) is 5.92. The Kier molecular flexibility index (Phi) is 3.82. The average Bonchev–Trinajstić information content (AvgIpc) is 3.15. The molecule has 0 aliphatic rings. The Labute approximate surface area is 130 Å². The van der Waals surface area contributed by atoms with Gasteiger partial charge in [0.25, 0.3) is 0 Å². The minimum atomic E-state index is 0.180. The molecule has 5 heteroatoms. The monoisotopic (exact) mass is 310 g/mol. The molecule has 0 unspecified atom stereocenters. The van der Waals surface area contributed by atoms with Crippen LogP contribution in [0.2, 0.25) is 0 Å². The van der Waals surface area contributed by atoms with Crippen LogP contribution in [0.25, 0.3) is 22.2 Å². The molecule has 0 fully saturated rings. The normalized spacial score (nSPS) is 11.3. The molecule has 1 aromatic carbocycles. The summed E-state index contributed by atoms with van der Waals surface area (Å²) in [6.07, 6.45) is 1.73. The second-order valence-electron chi connectivity index (χ2n) is 4.28. The summed E-state index contributed by atoms with van der Waals surface area (Å²) in [5.41, 5.74) is 2.16. The molecule has 0 saturated heterocycles. The standard InChI is InChI=1S/C16H10N2OS2/c17-9-12(7-11-3-1-4-13(19)8-11)16-18-14(10-21-16)15-5-2-6-20-15/h1-8,10,19H/b12-7-. The Hall–Kier alpha value is -2.42. The minimum Gasteiger partial charge on any atom is -0.508 e. The first-order chi connectivity index (χ1) is 10.3. The van der Waals surface area contributed by atoms with Gasteiger partial charge in [0.1, 0.15) is 16.8 Å². The number of nitrogens with zero attached hydrogens (tertiary/aromatic N) is 2. The van der Waals surface area contributed by atoms with Gasteiger partial charge >= 0.3 is 0 Å². The number of allylic oxidation sites excluding steroid dienone is 1. The van der Waals surface area contributed by atoms with Gasteiger partial charge in [-0.15, -0.1) is 22.7 Å². The first kappa shape index (κ1) is 13.6. The van der Waals surface area contributed by atoms with Crippen molar-refractivity contribution in [2.24, 2.45) is 0 Å². The molecule has 2 heterocycles. The fourth-order valence-corrected chi connectivity index (χ4v) is 3.40. The molecule has 0 bridgehead atoms. The number of benzene rings is 1. The van der Waals surface area contributed by atoms with Gasteiger partial charge in [0.05, 0.1) is 16.1 Å². The molecule has 0 atom stereocenters. The van der Waals surface area contributed by atoms with Crippen LogP contribution in [0.4, 0.5) is 0 Å². The van der Waals surface area contributed by atoms with E-state index in [2.05, 4.69) is 11.1 Å². The molecule has 0 radical (unpaired) electrons. The third kappa shape index (κ3) is 3.02. The molecule has 3 aromatic rings. The molecule has 102 valence electrons. The maximum Gasteiger partial charge on any atom is 0.134 e. The summed E-state index contributed by atoms with van der Waals surface area (Å²) in [6.45, 7) is 0. The molecule has 0 spiro atoms. The summed E-state index contributed by atoms with van der Waals surface area (Å²) in [7, 11) is 0. The molecule has 0 aliphatic heterocycles. The van der Waals surface area contributed by atoms with E-state index in [1.54, 1.807) is 35.6 Å². The number of aromatic nitrogens is 1. The lowest BCUT2D eigenvalue weighted by atomic mass is 10.1. The quantitative estimate of drug-likeness (QED) is 0.717. The highest BCUT2D eigenvalue weighted by atomic mass is 32.1. The summed E-state index contributed by atoms with van der Waals surface area (Å²) in [5.74, 6) is 0.180. The van der Waals surface area contributed by atoms with Crippen LogP contribution in [-0.4, -0.2) is 10.1 Å². The zero-order valence-corrected chi connectivity index (χ0v) is 12.5. The predicted octanol–water partition coefficient (Wildman–Crippen LogP) is 4.64. The number of thiophene rings is 1. The molecule has 0 amide bonds. The Morgan fingerprint density at radius 3 is 2.86 bits per heavy atom. The van der Waals surface area contributed by atoms with Crippen molar-refractivity contribution in [3.63, 3.8) is 0 Å². The number of hydrogen-bond acceptors (Lipinski definition) is 5. The van der Waals surface area contributed by atoms with Crippen molar-refractivity contribution in [3.05, 3.63) is 57.7 Å². The lowest BCUT2D eigenvalue weighted by Gasteiger charge is -1.96.